The lowest BCUT2D eigenvalue weighted by molar-refractivity contribution is -0.143. The average molecular weight is 179 g/mol. The summed E-state index contributed by atoms with van der Waals surface area (Å²) in [6, 6.07) is 0. The minimum Gasteiger partial charge on any atom is -0.246 e. The van der Waals surface area contributed by atoms with Gasteiger partial charge in [-0.05, 0) is 20.8 Å². The van der Waals surface area contributed by atoms with Gasteiger partial charge in [-0.15, -0.1) is 4.52 Å². The summed E-state index contributed by atoms with van der Waals surface area (Å²) >= 11 is 0. The Balaban J connectivity index is 3.99. The molecule has 0 aromatic rings. The van der Waals surface area contributed by atoms with E-state index in [0.29, 0.717) is 0 Å². The molecule has 0 amide bonds. The van der Waals surface area contributed by atoms with Gasteiger partial charge in [0.05, 0.1) is 12.5 Å². The maximum Gasteiger partial charge on any atom is 0.752 e. The van der Waals surface area contributed by atoms with E-state index in [9.17, 15) is 9.36 Å². The smallest absolute Gasteiger partial charge is 0.246 e. The van der Waals surface area contributed by atoms with Crippen LogP contribution < -0.4 is 0 Å². The molecular weight excluding hydrogens is 167 g/mol. The van der Waals surface area contributed by atoms with E-state index < -0.39 is 19.6 Å². The van der Waals surface area contributed by atoms with Crippen LogP contribution in [0.1, 0.15) is 20.8 Å². The van der Waals surface area contributed by atoms with E-state index in [0.717, 1.165) is 0 Å². The molecule has 0 heterocycles. The topological polar surface area (TPSA) is 52.6 Å². The Kier molecular flexibility index (Phi) is 3.63. The third kappa shape index (κ3) is 4.06. The predicted octanol–water partition coefficient (Wildman–Crippen LogP) is 1.88. The molecule has 0 spiro atoms. The molecule has 0 N–H and O–H groups in total. The first kappa shape index (κ1) is 10.5. The van der Waals surface area contributed by atoms with E-state index in [1.165, 1.54) is 7.11 Å². The van der Waals surface area contributed by atoms with Crippen LogP contribution in [-0.4, -0.2) is 13.1 Å². The SMILES string of the molecule is CO[P+](=O)OC(=O)C(C)(C)C. The molecule has 0 saturated carbocycles. The molecular formula is C6H12O4P+. The third-order valence-electron chi connectivity index (χ3n) is 0.919. The van der Waals surface area contributed by atoms with Crippen molar-refractivity contribution in [3.8, 4) is 0 Å². The van der Waals surface area contributed by atoms with E-state index in [4.69, 9.17) is 0 Å². The first-order valence-corrected chi connectivity index (χ1v) is 4.21. The lowest BCUT2D eigenvalue weighted by Gasteiger charge is -2.09. The van der Waals surface area contributed by atoms with Gasteiger partial charge in [0.1, 0.15) is 0 Å². The summed E-state index contributed by atoms with van der Waals surface area (Å²) in [4.78, 5) is 10.9. The van der Waals surface area contributed by atoms with Gasteiger partial charge in [0.15, 0.2) is 0 Å². The van der Waals surface area contributed by atoms with E-state index in [2.05, 4.69) is 9.05 Å². The Hall–Kier alpha value is -0.470. The molecule has 0 fully saturated rings. The summed E-state index contributed by atoms with van der Waals surface area (Å²) in [6.07, 6.45) is 0. The molecule has 0 saturated heterocycles. The fourth-order valence-electron chi connectivity index (χ4n) is 0.242. The Bertz CT molecular complexity index is 170. The van der Waals surface area contributed by atoms with Crippen molar-refractivity contribution in [1.29, 1.82) is 0 Å². The van der Waals surface area contributed by atoms with Crippen molar-refractivity contribution in [2.24, 2.45) is 5.41 Å². The van der Waals surface area contributed by atoms with Crippen LogP contribution in [0.3, 0.4) is 0 Å². The maximum atomic E-state index is 10.9. The summed E-state index contributed by atoms with van der Waals surface area (Å²) in [5, 5.41) is 0. The molecule has 0 aromatic carbocycles. The van der Waals surface area contributed by atoms with Crippen molar-refractivity contribution >= 4 is 14.2 Å². The molecule has 5 heteroatoms. The highest BCUT2D eigenvalue weighted by atomic mass is 31.1. The molecule has 1 atom stereocenters. The zero-order valence-electron chi connectivity index (χ0n) is 7.08. The third-order valence-corrected chi connectivity index (χ3v) is 1.53. The normalized spacial score (nSPS) is 12.5. The molecule has 0 aliphatic heterocycles. The summed E-state index contributed by atoms with van der Waals surface area (Å²) < 4.78 is 19.2. The fraction of sp³-hybridized carbons (Fsp3) is 0.833. The molecule has 4 nitrogen and oxygen atoms in total. The Labute approximate surface area is 66.8 Å². The molecule has 0 aliphatic carbocycles. The Morgan fingerprint density at radius 1 is 1.36 bits per heavy atom. The maximum absolute atomic E-state index is 10.9. The average Bonchev–Trinajstić information content (AvgIpc) is 1.85. The van der Waals surface area contributed by atoms with Gasteiger partial charge >= 0.3 is 14.2 Å². The Morgan fingerprint density at radius 2 is 1.82 bits per heavy atom. The second-order valence-corrected chi connectivity index (χ2v) is 4.03. The van der Waals surface area contributed by atoms with Crippen LogP contribution in [0.4, 0.5) is 0 Å². The van der Waals surface area contributed by atoms with Crippen LogP contribution in [0.15, 0.2) is 0 Å². The summed E-state index contributed by atoms with van der Waals surface area (Å²) in [5.74, 6) is -0.527. The zero-order valence-corrected chi connectivity index (χ0v) is 7.97. The molecule has 0 aliphatic rings. The van der Waals surface area contributed by atoms with Crippen molar-refractivity contribution in [3.05, 3.63) is 0 Å². The van der Waals surface area contributed by atoms with Crippen molar-refractivity contribution < 1.29 is 18.4 Å². The van der Waals surface area contributed by atoms with Crippen LogP contribution in [0.2, 0.25) is 0 Å². The minimum atomic E-state index is -2.28. The molecule has 0 rings (SSSR count). The molecule has 1 unspecified atom stereocenters. The number of rotatable bonds is 2. The van der Waals surface area contributed by atoms with Crippen molar-refractivity contribution in [2.45, 2.75) is 20.8 Å². The lowest BCUT2D eigenvalue weighted by atomic mass is 9.98. The summed E-state index contributed by atoms with van der Waals surface area (Å²) in [7, 11) is -1.06. The Morgan fingerprint density at radius 3 is 2.09 bits per heavy atom. The summed E-state index contributed by atoms with van der Waals surface area (Å²) in [5.41, 5.74) is -0.635. The van der Waals surface area contributed by atoms with Crippen molar-refractivity contribution in [3.63, 3.8) is 0 Å². The van der Waals surface area contributed by atoms with Gasteiger partial charge < -0.3 is 0 Å². The molecule has 0 bridgehead atoms. The van der Waals surface area contributed by atoms with Gasteiger partial charge in [-0.25, -0.2) is 4.79 Å². The van der Waals surface area contributed by atoms with Gasteiger partial charge in [0.25, 0.3) is 0 Å². The molecule has 64 valence electrons. The van der Waals surface area contributed by atoms with Gasteiger partial charge in [-0.2, -0.15) is 4.52 Å². The van der Waals surface area contributed by atoms with Gasteiger partial charge in [-0.3, -0.25) is 0 Å². The number of hydrogen-bond donors (Lipinski definition) is 0. The van der Waals surface area contributed by atoms with E-state index in [-0.39, 0.29) is 0 Å². The summed E-state index contributed by atoms with van der Waals surface area (Å²) in [6.45, 7) is 5.02. The lowest BCUT2D eigenvalue weighted by Crippen LogP contribution is -2.20. The monoisotopic (exact) mass is 179 g/mol. The van der Waals surface area contributed by atoms with E-state index >= 15 is 0 Å². The highest BCUT2D eigenvalue weighted by molar-refractivity contribution is 7.34. The van der Waals surface area contributed by atoms with Crippen LogP contribution >= 0.6 is 8.25 Å². The first-order valence-electron chi connectivity index (χ1n) is 3.11. The second-order valence-electron chi connectivity index (χ2n) is 3.03. The first-order chi connectivity index (χ1) is 4.88. The molecule has 11 heavy (non-hydrogen) atoms. The highest BCUT2D eigenvalue weighted by Crippen LogP contribution is 2.27. The van der Waals surface area contributed by atoms with Crippen molar-refractivity contribution in [1.82, 2.24) is 0 Å². The quantitative estimate of drug-likeness (QED) is 0.607. The van der Waals surface area contributed by atoms with Gasteiger partial charge in [0, 0.05) is 4.57 Å². The molecule has 0 radical (unpaired) electrons. The van der Waals surface area contributed by atoms with Crippen LogP contribution in [0.5, 0.6) is 0 Å². The predicted molar refractivity (Wildman–Crippen MR) is 40.2 cm³/mol. The van der Waals surface area contributed by atoms with E-state index in [1.54, 1.807) is 20.8 Å². The van der Waals surface area contributed by atoms with Crippen molar-refractivity contribution in [2.75, 3.05) is 7.11 Å². The zero-order chi connectivity index (χ0) is 9.07. The largest absolute Gasteiger partial charge is 0.752 e. The number of hydrogen-bond acceptors (Lipinski definition) is 4. The minimum absolute atomic E-state index is 0.527. The van der Waals surface area contributed by atoms with Crippen LogP contribution in [0.25, 0.3) is 0 Å². The van der Waals surface area contributed by atoms with Crippen LogP contribution in [0, 0.1) is 5.41 Å². The standard InChI is InChI=1S/C6H12O4P/c1-6(2,3)5(7)10-11(8)9-4/h1-4H3/q+1. The molecule has 0 aromatic heterocycles. The fourth-order valence-corrected chi connectivity index (χ4v) is 0.726. The number of carbonyl (C=O) groups is 1. The number of carbonyl (C=O) groups excluding carboxylic acids is 1. The van der Waals surface area contributed by atoms with E-state index in [1.807, 2.05) is 0 Å². The van der Waals surface area contributed by atoms with Gasteiger partial charge in [-0.1, -0.05) is 0 Å². The van der Waals surface area contributed by atoms with Gasteiger partial charge in [0.2, 0.25) is 0 Å². The van der Waals surface area contributed by atoms with Crippen LogP contribution in [-0.2, 0) is 18.4 Å². The second kappa shape index (κ2) is 3.79. The highest BCUT2D eigenvalue weighted by Gasteiger charge is 2.33.